The second kappa shape index (κ2) is 41.8. The normalized spacial score (nSPS) is 23.9. The molecule has 3 aromatic carbocycles. The Balaban J connectivity index is 0.540. The number of hydrogen-bond acceptors (Lipinski definition) is 23. The number of urea groups is 1. The number of ether oxygens (including phenoxy) is 9. The van der Waals surface area contributed by atoms with Crippen molar-refractivity contribution in [3.05, 3.63) is 108 Å². The molecule has 33 nitrogen and oxygen atoms in total. The maximum absolute atomic E-state index is 15.0. The van der Waals surface area contributed by atoms with Crippen LogP contribution < -0.4 is 42.5 Å². The van der Waals surface area contributed by atoms with Gasteiger partial charge in [-0.1, -0.05) is 112 Å². The van der Waals surface area contributed by atoms with Gasteiger partial charge in [0.2, 0.25) is 35.4 Å². The maximum atomic E-state index is 15.0. The van der Waals surface area contributed by atoms with E-state index in [0.29, 0.717) is 80.9 Å². The van der Waals surface area contributed by atoms with Crippen LogP contribution in [0.1, 0.15) is 129 Å². The molecule has 2 saturated heterocycles. The van der Waals surface area contributed by atoms with Gasteiger partial charge in [-0.25, -0.2) is 14.3 Å². The van der Waals surface area contributed by atoms with Crippen molar-refractivity contribution < 1.29 is 101 Å². The third-order valence-electron chi connectivity index (χ3n) is 23.5. The number of anilines is 2. The van der Waals surface area contributed by atoms with E-state index in [1.165, 1.54) is 4.90 Å². The third kappa shape index (κ3) is 21.7. The molecule has 7 aliphatic rings. The summed E-state index contributed by atoms with van der Waals surface area (Å²) in [5.41, 5.74) is 9.08. The van der Waals surface area contributed by atoms with Crippen molar-refractivity contribution in [1.82, 2.24) is 46.5 Å². The summed E-state index contributed by atoms with van der Waals surface area (Å²) in [5.74, 6) is -3.47. The minimum atomic E-state index is -1.39. The quantitative estimate of drug-likeness (QED) is 0.0248. The number of rotatable bonds is 43. The molecule has 636 valence electrons. The van der Waals surface area contributed by atoms with Gasteiger partial charge < -0.3 is 100 Å². The number of ketones is 2. The van der Waals surface area contributed by atoms with Crippen LogP contribution in [0.5, 0.6) is 0 Å². The summed E-state index contributed by atoms with van der Waals surface area (Å²) in [7, 11) is 0. The van der Waals surface area contributed by atoms with E-state index in [4.69, 9.17) is 48.4 Å². The lowest BCUT2D eigenvalue weighted by atomic mass is 9.46. The van der Waals surface area contributed by atoms with Gasteiger partial charge in [-0.15, -0.1) is 5.10 Å². The van der Waals surface area contributed by atoms with Gasteiger partial charge in [0.1, 0.15) is 43.8 Å². The highest BCUT2D eigenvalue weighted by Gasteiger charge is 2.76. The van der Waals surface area contributed by atoms with Crippen molar-refractivity contribution >= 4 is 70.5 Å². The highest BCUT2D eigenvalue weighted by Crippen LogP contribution is 2.70. The van der Waals surface area contributed by atoms with E-state index in [1.807, 2.05) is 61.5 Å². The fourth-order valence-electron chi connectivity index (χ4n) is 17.8. The number of likely N-dealkylation sites (tertiary alicyclic amines) is 1. The molecule has 4 heterocycles. The summed E-state index contributed by atoms with van der Waals surface area (Å²) >= 11 is 0. The Morgan fingerprint density at radius 2 is 1.49 bits per heavy atom. The van der Waals surface area contributed by atoms with Crippen LogP contribution in [0.2, 0.25) is 0 Å². The molecule has 12 atom stereocenters. The number of hydrogen-bond donors (Lipinski definition) is 9. The van der Waals surface area contributed by atoms with Crippen molar-refractivity contribution in [3.8, 4) is 22.5 Å². The van der Waals surface area contributed by atoms with Crippen molar-refractivity contribution in [2.75, 3.05) is 116 Å². The number of carbonyl (C=O) groups is 10. The number of fused-ring (bicyclic) bond motifs is 12. The number of nitrogens with one attached hydrogen (secondary N) is 6. The SMILES string of the molecule is CCCC1O[C@@H]2C[C@H]3[C@@H]4CCC5=CC(=O)C=C[C@]5(C)[C@H]4[C@@H](O)C[C@]3(C)[C@]2(C(=O)COC2CCCN2C(=O)CNC(=O)OCc2ccc(NC(=O)[C@H](CCCNC(N)=O)NC(=O)[C@@H](NC(=O)CCOCCOCCOCCOCCNC(=O)CCC(=O)N3Cc4ccccc4-c4nnn(CCOCCO)c4-c4ccccc43)C(C)C)cc2)O1. The summed E-state index contributed by atoms with van der Waals surface area (Å²) in [6.45, 7) is 12.2. The number of alkyl carbamates (subject to hydrolysis) is 1. The summed E-state index contributed by atoms with van der Waals surface area (Å²) in [6.07, 6.45) is 6.70. The molecule has 9 amide bonds. The second-order valence-corrected chi connectivity index (χ2v) is 31.5. The van der Waals surface area contributed by atoms with E-state index in [0.717, 1.165) is 40.8 Å². The van der Waals surface area contributed by atoms with E-state index in [2.05, 4.69) is 56.1 Å². The summed E-state index contributed by atoms with van der Waals surface area (Å²) in [6, 6.07) is 18.8. The third-order valence-corrected chi connectivity index (χ3v) is 23.5. The number of nitrogens with zero attached hydrogens (tertiary/aromatic N) is 5. The molecule has 11 rings (SSSR count). The first-order chi connectivity index (χ1) is 56.5. The Kier molecular flexibility index (Phi) is 31.6. The van der Waals surface area contributed by atoms with Crippen molar-refractivity contribution in [2.24, 2.45) is 40.2 Å². The molecule has 0 radical (unpaired) electrons. The lowest BCUT2D eigenvalue weighted by Crippen LogP contribution is -2.63. The summed E-state index contributed by atoms with van der Waals surface area (Å²) < 4.78 is 54.9. The van der Waals surface area contributed by atoms with E-state index >= 15 is 0 Å². The monoisotopic (exact) mass is 1630 g/mol. The Morgan fingerprint density at radius 1 is 0.769 bits per heavy atom. The molecule has 3 aliphatic heterocycles. The zero-order chi connectivity index (χ0) is 83.2. The number of nitrogens with two attached hydrogens (primary N) is 1. The van der Waals surface area contributed by atoms with E-state index < -0.39 is 101 Å². The zero-order valence-corrected chi connectivity index (χ0v) is 67.5. The molecule has 117 heavy (non-hydrogen) atoms. The Morgan fingerprint density at radius 3 is 2.22 bits per heavy atom. The van der Waals surface area contributed by atoms with Gasteiger partial charge >= 0.3 is 12.1 Å². The minimum absolute atomic E-state index is 0.0156. The number of Topliss-reactive ketones (excluding diaryl/α,β-unsaturated/α-hetero) is 1. The first-order valence-corrected chi connectivity index (χ1v) is 41.0. The number of amides is 9. The number of primary amides is 1. The molecule has 0 bridgehead atoms. The first kappa shape index (κ1) is 88.4. The smallest absolute Gasteiger partial charge is 0.407 e. The Labute approximate surface area is 681 Å². The first-order valence-electron chi connectivity index (χ1n) is 41.0. The molecule has 5 fully saturated rings. The summed E-state index contributed by atoms with van der Waals surface area (Å²) in [5, 5.41) is 46.5. The average Bonchev–Trinajstić information content (AvgIpc) is 1.52. The van der Waals surface area contributed by atoms with E-state index in [-0.39, 0.29) is 172 Å². The second-order valence-electron chi connectivity index (χ2n) is 31.5. The molecule has 33 heteroatoms. The number of aliphatic hydroxyl groups excluding tert-OH is 2. The van der Waals surface area contributed by atoms with Crippen molar-refractivity contribution in [1.29, 1.82) is 0 Å². The number of allylic oxidation sites excluding steroid dienone is 4. The molecule has 10 N–H and O–H groups in total. The van der Waals surface area contributed by atoms with Gasteiger partial charge in [-0.05, 0) is 117 Å². The fraction of sp³-hybridized carbons (Fsp3) is 0.595. The molecule has 4 aliphatic carbocycles. The molecule has 1 aromatic heterocycles. The van der Waals surface area contributed by atoms with Crippen LogP contribution in [0.4, 0.5) is 21.0 Å². The lowest BCUT2D eigenvalue weighted by Gasteiger charge is -2.59. The molecule has 2 unspecified atom stereocenters. The maximum Gasteiger partial charge on any atom is 0.407 e. The Bertz CT molecular complexity index is 4200. The van der Waals surface area contributed by atoms with Crippen LogP contribution in [0.15, 0.2) is 96.6 Å². The highest BCUT2D eigenvalue weighted by molar-refractivity contribution is 6.03. The van der Waals surface area contributed by atoms with Crippen molar-refractivity contribution in [3.63, 3.8) is 0 Å². The average molecular weight is 1630 g/mol. The van der Waals surface area contributed by atoms with Gasteiger partial charge in [-0.2, -0.15) is 0 Å². The predicted molar refractivity (Wildman–Crippen MR) is 425 cm³/mol. The molecule has 3 saturated carbocycles. The van der Waals surface area contributed by atoms with Crippen LogP contribution in [0.3, 0.4) is 0 Å². The lowest BCUT2D eigenvalue weighted by molar-refractivity contribution is -0.203. The zero-order valence-electron chi connectivity index (χ0n) is 67.5. The van der Waals surface area contributed by atoms with Crippen molar-refractivity contribution in [2.45, 2.75) is 180 Å². The Hall–Kier alpha value is -9.42. The molecular formula is C84H114N12O21. The van der Waals surface area contributed by atoms with Gasteiger partial charge in [-0.3, -0.25) is 38.4 Å². The predicted octanol–water partition coefficient (Wildman–Crippen LogP) is 5.46. The summed E-state index contributed by atoms with van der Waals surface area (Å²) in [4.78, 5) is 137. The number of carbonyl (C=O) groups excluding carboxylic acids is 10. The van der Waals surface area contributed by atoms with E-state index in [1.54, 1.807) is 59.8 Å². The van der Waals surface area contributed by atoms with Crippen LogP contribution in [0.25, 0.3) is 22.5 Å². The molecule has 4 aromatic rings. The standard InChI is InChI=1S/C84H114N12O21/c1-6-13-73-116-67-47-62-60-25-22-56-46-58(98)28-30-82(56,4)74(60)65(99)48-83(62,5)84(67,117-73)66(100)52-114-72-19-12-33-94(72)71(104)49-88-81(108)115-51-54-20-23-57(24-21-54)89-78(105)63(17-11-31-87-80(85)107)90-79(106)75(53(2)3)91-69(102)29-36-109-40-42-112-44-45-113-43-41-110-37-32-86-68(101)26-27-70(103)95-50-55-14-7-8-15-59(55)76-77(61-16-9-10-18-64(61)95)96(93-92-76)34-38-111-39-35-97/h7-10,14-16,18,20-21,23-24,28,30,46,53,60,62-63,65,67,72-75,97,99H,6,11-13,17,19,22,25-27,29,31-45,47-52H2,1-5H3,(H,86,101)(H,88,108)(H,89,105)(H,90,106)(H,91,102)(H3,85,87,107)/t60-,62-,63-,65-,67+,72?,73?,74+,75-,82-,83-,84+/m0/s1. The van der Waals surface area contributed by atoms with E-state index in [9.17, 15) is 58.2 Å². The van der Waals surface area contributed by atoms with Gasteiger partial charge in [0, 0.05) is 72.5 Å². The van der Waals surface area contributed by atoms with Gasteiger partial charge in [0.15, 0.2) is 23.5 Å². The fourth-order valence-corrected chi connectivity index (χ4v) is 17.8. The van der Waals surface area contributed by atoms with Gasteiger partial charge in [0.25, 0.3) is 0 Å². The van der Waals surface area contributed by atoms with Crippen LogP contribution >= 0.6 is 0 Å². The number of para-hydroxylation sites is 1. The van der Waals surface area contributed by atoms with Gasteiger partial charge in [0.05, 0.1) is 109 Å². The minimum Gasteiger partial charge on any atom is -0.445 e. The largest absolute Gasteiger partial charge is 0.445 e. The highest BCUT2D eigenvalue weighted by atomic mass is 16.7. The van der Waals surface area contributed by atoms with Crippen LogP contribution in [0, 0.1) is 34.5 Å². The number of benzene rings is 3. The number of aliphatic hydroxyl groups is 2. The topological polar surface area (TPSA) is 430 Å². The van der Waals surface area contributed by atoms with Crippen LogP contribution in [-0.2, 0) is 101 Å². The number of aromatic nitrogens is 3. The van der Waals surface area contributed by atoms with Crippen LogP contribution in [-0.4, -0.2) is 237 Å². The molecule has 0 spiro atoms. The molecular weight excluding hydrogens is 1510 g/mol.